The van der Waals surface area contributed by atoms with Crippen molar-refractivity contribution in [3.8, 4) is 5.69 Å². The zero-order chi connectivity index (χ0) is 16.4. The number of amides is 1. The summed E-state index contributed by atoms with van der Waals surface area (Å²) in [7, 11) is -1.19. The van der Waals surface area contributed by atoms with E-state index >= 15 is 0 Å². The fourth-order valence-corrected chi connectivity index (χ4v) is 4.21. The molecule has 3 rings (SSSR count). The van der Waals surface area contributed by atoms with E-state index in [0.29, 0.717) is 18.4 Å². The first-order chi connectivity index (χ1) is 11.0. The largest absolute Gasteiger partial charge is 0.339 e. The van der Waals surface area contributed by atoms with Gasteiger partial charge in [-0.15, -0.1) is 10.2 Å². The maximum absolute atomic E-state index is 12.5. The third-order valence-electron chi connectivity index (χ3n) is 4.22. The number of rotatable bonds is 3. The predicted molar refractivity (Wildman–Crippen MR) is 85.1 cm³/mol. The Kier molecular flexibility index (Phi) is 4.16. The lowest BCUT2D eigenvalue weighted by Crippen LogP contribution is -2.42. The monoisotopic (exact) mass is 334 g/mol. The molecule has 0 unspecified atom stereocenters. The minimum absolute atomic E-state index is 0.0245. The van der Waals surface area contributed by atoms with E-state index in [1.54, 1.807) is 41.3 Å². The Balaban J connectivity index is 1.70. The Morgan fingerprint density at radius 1 is 1.13 bits per heavy atom. The van der Waals surface area contributed by atoms with Crippen molar-refractivity contribution in [2.24, 2.45) is 0 Å². The van der Waals surface area contributed by atoms with E-state index in [4.69, 9.17) is 0 Å². The zero-order valence-electron chi connectivity index (χ0n) is 12.8. The summed E-state index contributed by atoms with van der Waals surface area (Å²) in [5.74, 6) is 0.216. The van der Waals surface area contributed by atoms with Gasteiger partial charge in [-0.25, -0.2) is 8.42 Å². The predicted octanol–water partition coefficient (Wildman–Crippen LogP) is 0.917. The number of hydrogen-bond acceptors (Lipinski definition) is 5. The highest BCUT2D eigenvalue weighted by Gasteiger charge is 2.28. The third kappa shape index (κ3) is 3.42. The molecule has 0 N–H and O–H groups in total. The molecule has 0 spiro atoms. The van der Waals surface area contributed by atoms with Crippen LogP contribution in [0.25, 0.3) is 5.69 Å². The van der Waals surface area contributed by atoms with Gasteiger partial charge in [-0.3, -0.25) is 9.36 Å². The molecule has 1 aliphatic rings. The molecular formula is C15H18N4O3S. The van der Waals surface area contributed by atoms with Crippen LogP contribution in [-0.4, -0.2) is 58.6 Å². The van der Waals surface area contributed by atoms with Crippen LogP contribution >= 0.6 is 0 Å². The number of benzene rings is 1. The lowest BCUT2D eigenvalue weighted by Gasteiger charge is -2.31. The SMILES string of the molecule is CN(C(=O)c1ccc(-n2cnnc2)cc1)C1CCS(=O)(=O)CC1. The molecule has 1 aromatic heterocycles. The average Bonchev–Trinajstić information content (AvgIpc) is 3.08. The van der Waals surface area contributed by atoms with E-state index in [2.05, 4.69) is 10.2 Å². The molecule has 0 saturated carbocycles. The van der Waals surface area contributed by atoms with Crippen LogP contribution in [0, 0.1) is 0 Å². The van der Waals surface area contributed by atoms with Crippen molar-refractivity contribution in [3.63, 3.8) is 0 Å². The average molecular weight is 334 g/mol. The van der Waals surface area contributed by atoms with Crippen molar-refractivity contribution in [2.75, 3.05) is 18.6 Å². The van der Waals surface area contributed by atoms with Crippen molar-refractivity contribution in [1.82, 2.24) is 19.7 Å². The van der Waals surface area contributed by atoms with E-state index in [9.17, 15) is 13.2 Å². The molecule has 23 heavy (non-hydrogen) atoms. The minimum atomic E-state index is -2.92. The highest BCUT2D eigenvalue weighted by Crippen LogP contribution is 2.19. The molecule has 1 amide bonds. The van der Waals surface area contributed by atoms with E-state index in [0.717, 1.165) is 5.69 Å². The second-order valence-corrected chi connectivity index (χ2v) is 8.02. The molecule has 2 aromatic rings. The minimum Gasteiger partial charge on any atom is -0.339 e. The molecule has 0 atom stereocenters. The van der Waals surface area contributed by atoms with Crippen LogP contribution in [0.4, 0.5) is 0 Å². The number of sulfone groups is 1. The van der Waals surface area contributed by atoms with Gasteiger partial charge < -0.3 is 4.90 Å². The molecule has 1 aromatic carbocycles. The zero-order valence-corrected chi connectivity index (χ0v) is 13.6. The molecular weight excluding hydrogens is 316 g/mol. The highest BCUT2D eigenvalue weighted by molar-refractivity contribution is 7.91. The first kappa shape index (κ1) is 15.7. The summed E-state index contributed by atoms with van der Waals surface area (Å²) < 4.78 is 24.7. The number of hydrogen-bond donors (Lipinski definition) is 0. The molecule has 8 heteroatoms. The summed E-state index contributed by atoms with van der Waals surface area (Å²) in [4.78, 5) is 14.2. The van der Waals surface area contributed by atoms with Gasteiger partial charge in [0, 0.05) is 24.3 Å². The standard InChI is InChI=1S/C15H18N4O3S/c1-18(13-6-8-23(21,22)9-7-13)15(20)12-2-4-14(5-3-12)19-10-16-17-11-19/h2-5,10-11,13H,6-9H2,1H3. The summed E-state index contributed by atoms with van der Waals surface area (Å²) in [6, 6.07) is 7.15. The third-order valence-corrected chi connectivity index (χ3v) is 5.94. The second kappa shape index (κ2) is 6.11. The Hall–Kier alpha value is -2.22. The molecule has 2 heterocycles. The maximum atomic E-state index is 12.5. The summed E-state index contributed by atoms with van der Waals surface area (Å²) in [6.45, 7) is 0. The molecule has 1 fully saturated rings. The van der Waals surface area contributed by atoms with Crippen LogP contribution < -0.4 is 0 Å². The van der Waals surface area contributed by atoms with Crippen molar-refractivity contribution in [3.05, 3.63) is 42.5 Å². The van der Waals surface area contributed by atoms with Crippen LogP contribution in [0.3, 0.4) is 0 Å². The van der Waals surface area contributed by atoms with Gasteiger partial charge in [0.25, 0.3) is 5.91 Å². The first-order valence-corrected chi connectivity index (χ1v) is 9.21. The molecule has 0 radical (unpaired) electrons. The fraction of sp³-hybridized carbons (Fsp3) is 0.400. The molecule has 0 aliphatic carbocycles. The summed E-state index contributed by atoms with van der Waals surface area (Å²) >= 11 is 0. The van der Waals surface area contributed by atoms with Gasteiger partial charge in [0.2, 0.25) is 0 Å². The van der Waals surface area contributed by atoms with Crippen molar-refractivity contribution in [2.45, 2.75) is 18.9 Å². The molecule has 7 nitrogen and oxygen atoms in total. The first-order valence-electron chi connectivity index (χ1n) is 7.39. The Labute approximate surface area is 134 Å². The van der Waals surface area contributed by atoms with Gasteiger partial charge in [0.15, 0.2) is 0 Å². The number of carbonyl (C=O) groups excluding carboxylic acids is 1. The highest BCUT2D eigenvalue weighted by atomic mass is 32.2. The number of aromatic nitrogens is 3. The normalized spacial score (nSPS) is 17.8. The lowest BCUT2D eigenvalue weighted by atomic mass is 10.1. The quantitative estimate of drug-likeness (QED) is 0.833. The summed E-state index contributed by atoms with van der Waals surface area (Å²) in [5, 5.41) is 7.49. The van der Waals surface area contributed by atoms with E-state index < -0.39 is 9.84 Å². The van der Waals surface area contributed by atoms with Crippen molar-refractivity contribution >= 4 is 15.7 Å². The maximum Gasteiger partial charge on any atom is 0.253 e. The Morgan fingerprint density at radius 3 is 2.26 bits per heavy atom. The second-order valence-electron chi connectivity index (χ2n) is 5.72. The number of nitrogens with zero attached hydrogens (tertiary/aromatic N) is 4. The topological polar surface area (TPSA) is 85.2 Å². The van der Waals surface area contributed by atoms with Crippen LogP contribution in [0.5, 0.6) is 0 Å². The molecule has 0 bridgehead atoms. The number of carbonyl (C=O) groups is 1. The lowest BCUT2D eigenvalue weighted by molar-refractivity contribution is 0.0722. The van der Waals surface area contributed by atoms with Gasteiger partial charge in [0.05, 0.1) is 11.5 Å². The van der Waals surface area contributed by atoms with Crippen molar-refractivity contribution < 1.29 is 13.2 Å². The van der Waals surface area contributed by atoms with Gasteiger partial charge in [0.1, 0.15) is 22.5 Å². The summed E-state index contributed by atoms with van der Waals surface area (Å²) in [5.41, 5.74) is 1.45. The van der Waals surface area contributed by atoms with Crippen LogP contribution in [-0.2, 0) is 9.84 Å². The smallest absolute Gasteiger partial charge is 0.253 e. The van der Waals surface area contributed by atoms with Gasteiger partial charge in [-0.05, 0) is 37.1 Å². The Bertz CT molecular complexity index is 771. The van der Waals surface area contributed by atoms with E-state index in [1.807, 2.05) is 12.1 Å². The van der Waals surface area contributed by atoms with E-state index in [1.165, 1.54) is 0 Å². The summed E-state index contributed by atoms with van der Waals surface area (Å²) in [6.07, 6.45) is 4.18. The Morgan fingerprint density at radius 2 is 1.70 bits per heavy atom. The van der Waals surface area contributed by atoms with Crippen LogP contribution in [0.1, 0.15) is 23.2 Å². The van der Waals surface area contributed by atoms with Crippen LogP contribution in [0.15, 0.2) is 36.9 Å². The molecule has 1 aliphatic heterocycles. The molecule has 122 valence electrons. The van der Waals surface area contributed by atoms with Gasteiger partial charge >= 0.3 is 0 Å². The van der Waals surface area contributed by atoms with Gasteiger partial charge in [-0.1, -0.05) is 0 Å². The van der Waals surface area contributed by atoms with E-state index in [-0.39, 0.29) is 23.5 Å². The van der Waals surface area contributed by atoms with Crippen molar-refractivity contribution in [1.29, 1.82) is 0 Å². The van der Waals surface area contributed by atoms with Crippen LogP contribution in [0.2, 0.25) is 0 Å². The van der Waals surface area contributed by atoms with Gasteiger partial charge in [-0.2, -0.15) is 0 Å². The molecule has 1 saturated heterocycles. The fourth-order valence-electron chi connectivity index (χ4n) is 2.74.